The van der Waals surface area contributed by atoms with Crippen LogP contribution in [-0.4, -0.2) is 0 Å². The molecule has 0 fully saturated rings. The first-order valence-electron chi connectivity index (χ1n) is 6.29. The van der Waals surface area contributed by atoms with Gasteiger partial charge in [-0.25, -0.2) is 0 Å². The van der Waals surface area contributed by atoms with Gasteiger partial charge in [0.25, 0.3) is 0 Å². The van der Waals surface area contributed by atoms with E-state index in [2.05, 4.69) is 63.4 Å². The van der Waals surface area contributed by atoms with Gasteiger partial charge in [-0.2, -0.15) is 0 Å². The van der Waals surface area contributed by atoms with Crippen LogP contribution >= 0.6 is 11.3 Å². The van der Waals surface area contributed by atoms with E-state index in [0.29, 0.717) is 0 Å². The molecule has 0 saturated carbocycles. The highest BCUT2D eigenvalue weighted by molar-refractivity contribution is 7.10. The number of nitrogens with two attached hydrogens (primary N) is 1. The zero-order chi connectivity index (χ0) is 13.3. The van der Waals surface area contributed by atoms with Crippen molar-refractivity contribution >= 4 is 11.3 Å². The monoisotopic (exact) mass is 259 g/mol. The fourth-order valence-corrected chi connectivity index (χ4v) is 2.84. The van der Waals surface area contributed by atoms with Crippen LogP contribution in [0, 0.1) is 6.92 Å². The van der Waals surface area contributed by atoms with Crippen LogP contribution in [0.3, 0.4) is 0 Å². The van der Waals surface area contributed by atoms with Gasteiger partial charge >= 0.3 is 0 Å². The molecular weight excluding hydrogens is 238 g/mol. The molecule has 0 spiro atoms. The number of benzene rings is 1. The van der Waals surface area contributed by atoms with Gasteiger partial charge in [0.15, 0.2) is 0 Å². The number of hydrogen-bond donors (Lipinski definition) is 1. The van der Waals surface area contributed by atoms with Crippen LogP contribution in [0.4, 0.5) is 0 Å². The summed E-state index contributed by atoms with van der Waals surface area (Å²) in [6.07, 6.45) is 0. The molecule has 1 aromatic heterocycles. The molecule has 0 bridgehead atoms. The Labute approximate surface area is 114 Å². The SMILES string of the molecule is Cc1sccc1C(N)c1ccc(C(C)(C)C)cc1. The first-order valence-corrected chi connectivity index (χ1v) is 7.17. The van der Waals surface area contributed by atoms with Crippen molar-refractivity contribution in [3.8, 4) is 0 Å². The number of thiophene rings is 1. The Balaban J connectivity index is 2.28. The summed E-state index contributed by atoms with van der Waals surface area (Å²) in [5.41, 5.74) is 10.3. The topological polar surface area (TPSA) is 26.0 Å². The van der Waals surface area contributed by atoms with E-state index in [9.17, 15) is 0 Å². The largest absolute Gasteiger partial charge is 0.320 e. The number of aryl methyl sites for hydroxylation is 1. The highest BCUT2D eigenvalue weighted by atomic mass is 32.1. The summed E-state index contributed by atoms with van der Waals surface area (Å²) < 4.78 is 0. The summed E-state index contributed by atoms with van der Waals surface area (Å²) >= 11 is 1.75. The van der Waals surface area contributed by atoms with Gasteiger partial charge in [0, 0.05) is 4.88 Å². The van der Waals surface area contributed by atoms with Crippen LogP contribution in [0.5, 0.6) is 0 Å². The zero-order valence-corrected chi connectivity index (χ0v) is 12.3. The molecule has 2 N–H and O–H groups in total. The lowest BCUT2D eigenvalue weighted by molar-refractivity contribution is 0.589. The van der Waals surface area contributed by atoms with Crippen LogP contribution in [-0.2, 0) is 5.41 Å². The van der Waals surface area contributed by atoms with E-state index in [4.69, 9.17) is 5.73 Å². The summed E-state index contributed by atoms with van der Waals surface area (Å²) in [6.45, 7) is 8.81. The van der Waals surface area contributed by atoms with Gasteiger partial charge in [0.05, 0.1) is 6.04 Å². The highest BCUT2D eigenvalue weighted by Crippen LogP contribution is 2.28. The minimum Gasteiger partial charge on any atom is -0.320 e. The van der Waals surface area contributed by atoms with Gasteiger partial charge in [-0.15, -0.1) is 11.3 Å². The third-order valence-corrected chi connectivity index (χ3v) is 4.23. The maximum Gasteiger partial charge on any atom is 0.0562 e. The highest BCUT2D eigenvalue weighted by Gasteiger charge is 2.16. The van der Waals surface area contributed by atoms with Gasteiger partial charge in [-0.3, -0.25) is 0 Å². The van der Waals surface area contributed by atoms with Crippen molar-refractivity contribution in [3.63, 3.8) is 0 Å². The second kappa shape index (κ2) is 4.87. The fourth-order valence-electron chi connectivity index (χ4n) is 2.09. The Morgan fingerprint density at radius 1 is 1.06 bits per heavy atom. The van der Waals surface area contributed by atoms with Crippen molar-refractivity contribution in [2.75, 3.05) is 0 Å². The molecule has 0 saturated heterocycles. The molecule has 1 atom stereocenters. The second-order valence-corrected chi connectivity index (χ2v) is 6.90. The lowest BCUT2D eigenvalue weighted by atomic mass is 9.86. The molecule has 0 aliphatic heterocycles. The van der Waals surface area contributed by atoms with Gasteiger partial charge < -0.3 is 5.73 Å². The molecule has 0 amide bonds. The van der Waals surface area contributed by atoms with E-state index >= 15 is 0 Å². The van der Waals surface area contributed by atoms with Gasteiger partial charge in [-0.05, 0) is 40.5 Å². The van der Waals surface area contributed by atoms with E-state index in [1.54, 1.807) is 11.3 Å². The van der Waals surface area contributed by atoms with Crippen molar-refractivity contribution in [2.45, 2.75) is 39.2 Å². The van der Waals surface area contributed by atoms with Crippen molar-refractivity contribution < 1.29 is 0 Å². The molecule has 2 rings (SSSR count). The smallest absolute Gasteiger partial charge is 0.0562 e. The third kappa shape index (κ3) is 2.65. The Bertz CT molecular complexity index is 517. The molecule has 1 nitrogen and oxygen atoms in total. The fraction of sp³-hybridized carbons (Fsp3) is 0.375. The lowest BCUT2D eigenvalue weighted by Crippen LogP contribution is -2.14. The maximum atomic E-state index is 6.33. The predicted octanol–water partition coefficient (Wildman–Crippen LogP) is 4.40. The van der Waals surface area contributed by atoms with Crippen LogP contribution in [0.2, 0.25) is 0 Å². The van der Waals surface area contributed by atoms with E-state index in [1.807, 2.05) is 0 Å². The van der Waals surface area contributed by atoms with E-state index < -0.39 is 0 Å². The number of rotatable bonds is 2. The van der Waals surface area contributed by atoms with Crippen LogP contribution in [0.25, 0.3) is 0 Å². The normalized spacial score (nSPS) is 13.6. The summed E-state index contributed by atoms with van der Waals surface area (Å²) in [5, 5.41) is 2.11. The lowest BCUT2D eigenvalue weighted by Gasteiger charge is -2.20. The molecule has 18 heavy (non-hydrogen) atoms. The Morgan fingerprint density at radius 3 is 2.11 bits per heavy atom. The Kier molecular flexibility index (Phi) is 3.60. The molecule has 2 aromatic rings. The van der Waals surface area contributed by atoms with Crippen LogP contribution in [0.1, 0.15) is 48.4 Å². The number of hydrogen-bond acceptors (Lipinski definition) is 2. The standard InChI is InChI=1S/C16H21NS/c1-11-14(9-10-18-11)15(17)12-5-7-13(8-6-12)16(2,3)4/h5-10,15H,17H2,1-4H3. The third-order valence-electron chi connectivity index (χ3n) is 3.37. The van der Waals surface area contributed by atoms with Gasteiger partial charge in [0.2, 0.25) is 0 Å². The zero-order valence-electron chi connectivity index (χ0n) is 11.5. The molecule has 1 aromatic carbocycles. The Hall–Kier alpha value is -1.12. The maximum absolute atomic E-state index is 6.33. The van der Waals surface area contributed by atoms with Crippen molar-refractivity contribution in [2.24, 2.45) is 5.73 Å². The minimum absolute atomic E-state index is 0.00901. The van der Waals surface area contributed by atoms with Gasteiger partial charge in [0.1, 0.15) is 0 Å². The quantitative estimate of drug-likeness (QED) is 0.850. The molecule has 1 unspecified atom stereocenters. The molecule has 96 valence electrons. The summed E-state index contributed by atoms with van der Waals surface area (Å²) in [7, 11) is 0. The molecule has 0 radical (unpaired) electrons. The van der Waals surface area contributed by atoms with Crippen molar-refractivity contribution in [1.82, 2.24) is 0 Å². The van der Waals surface area contributed by atoms with E-state index in [-0.39, 0.29) is 11.5 Å². The first-order chi connectivity index (χ1) is 8.39. The van der Waals surface area contributed by atoms with Crippen molar-refractivity contribution in [1.29, 1.82) is 0 Å². The Morgan fingerprint density at radius 2 is 1.67 bits per heavy atom. The first kappa shape index (κ1) is 13.3. The minimum atomic E-state index is -0.00901. The molecule has 0 aliphatic rings. The molecular formula is C16H21NS. The van der Waals surface area contributed by atoms with Crippen molar-refractivity contribution in [3.05, 3.63) is 57.3 Å². The predicted molar refractivity (Wildman–Crippen MR) is 80.2 cm³/mol. The van der Waals surface area contributed by atoms with Crippen LogP contribution in [0.15, 0.2) is 35.7 Å². The molecule has 1 heterocycles. The summed E-state index contributed by atoms with van der Waals surface area (Å²) in [6, 6.07) is 10.8. The van der Waals surface area contributed by atoms with Gasteiger partial charge in [-0.1, -0.05) is 45.0 Å². The van der Waals surface area contributed by atoms with Crippen LogP contribution < -0.4 is 5.73 Å². The molecule has 0 aliphatic carbocycles. The molecule has 2 heteroatoms. The summed E-state index contributed by atoms with van der Waals surface area (Å²) in [5.74, 6) is 0. The average molecular weight is 259 g/mol. The second-order valence-electron chi connectivity index (χ2n) is 5.78. The average Bonchev–Trinajstić information content (AvgIpc) is 2.73. The van der Waals surface area contributed by atoms with E-state index in [0.717, 1.165) is 0 Å². The van der Waals surface area contributed by atoms with E-state index in [1.165, 1.54) is 21.6 Å². The summed E-state index contributed by atoms with van der Waals surface area (Å²) in [4.78, 5) is 1.31.